The van der Waals surface area contributed by atoms with Crippen molar-refractivity contribution in [2.45, 2.75) is 37.8 Å². The minimum atomic E-state index is 0.104. The molecule has 1 aromatic heterocycles. The molecule has 1 N–H and O–H groups in total. The van der Waals surface area contributed by atoms with Gasteiger partial charge in [-0.15, -0.1) is 11.8 Å². The van der Waals surface area contributed by atoms with Gasteiger partial charge in [-0.25, -0.2) is 4.98 Å². The molecule has 1 aromatic carbocycles. The number of nitrogens with zero attached hydrogens (tertiary/aromatic N) is 1. The first-order chi connectivity index (χ1) is 9.98. The van der Waals surface area contributed by atoms with Crippen LogP contribution >= 0.6 is 11.8 Å². The van der Waals surface area contributed by atoms with Crippen LogP contribution in [0.4, 0.5) is 0 Å². The van der Waals surface area contributed by atoms with Crippen molar-refractivity contribution in [1.82, 2.24) is 10.3 Å². The highest BCUT2D eigenvalue weighted by atomic mass is 32.2. The molecule has 0 aliphatic heterocycles. The Balaban J connectivity index is 2.02. The minimum absolute atomic E-state index is 0.104. The third-order valence-electron chi connectivity index (χ3n) is 2.90. The molecule has 2 aromatic rings. The average molecular weight is 302 g/mol. The SMILES string of the molecule is CSc1ccccc1Oc1ccc(CNC(C)(C)C)cn1. The lowest BCUT2D eigenvalue weighted by Gasteiger charge is -2.20. The van der Waals surface area contributed by atoms with Crippen LogP contribution in [0.15, 0.2) is 47.5 Å². The van der Waals surface area contributed by atoms with E-state index in [0.29, 0.717) is 5.88 Å². The van der Waals surface area contributed by atoms with Gasteiger partial charge < -0.3 is 10.1 Å². The zero-order valence-corrected chi connectivity index (χ0v) is 13.8. The van der Waals surface area contributed by atoms with Gasteiger partial charge >= 0.3 is 0 Å². The summed E-state index contributed by atoms with van der Waals surface area (Å²) in [5, 5.41) is 3.44. The summed E-state index contributed by atoms with van der Waals surface area (Å²) >= 11 is 1.67. The summed E-state index contributed by atoms with van der Waals surface area (Å²) in [5.74, 6) is 1.47. The Kier molecular flexibility index (Phi) is 5.26. The molecule has 1 heterocycles. The second-order valence-electron chi connectivity index (χ2n) is 5.86. The van der Waals surface area contributed by atoms with Gasteiger partial charge in [-0.05, 0) is 44.7 Å². The van der Waals surface area contributed by atoms with Gasteiger partial charge in [0.05, 0.1) is 0 Å². The van der Waals surface area contributed by atoms with Gasteiger partial charge in [0.1, 0.15) is 5.75 Å². The molecule has 0 bridgehead atoms. The van der Waals surface area contributed by atoms with E-state index in [1.54, 1.807) is 11.8 Å². The maximum atomic E-state index is 5.85. The Morgan fingerprint density at radius 1 is 1.14 bits per heavy atom. The number of hydrogen-bond donors (Lipinski definition) is 1. The van der Waals surface area contributed by atoms with Gasteiger partial charge in [0.2, 0.25) is 5.88 Å². The summed E-state index contributed by atoms with van der Waals surface area (Å²) in [6.07, 6.45) is 3.90. The zero-order valence-electron chi connectivity index (χ0n) is 13.0. The highest BCUT2D eigenvalue weighted by Crippen LogP contribution is 2.30. The molecule has 0 unspecified atom stereocenters. The molecule has 0 saturated heterocycles. The Bertz CT molecular complexity index is 576. The number of pyridine rings is 1. The molecule has 0 saturated carbocycles. The number of aromatic nitrogens is 1. The van der Waals surface area contributed by atoms with Crippen LogP contribution in [0.3, 0.4) is 0 Å². The number of thioether (sulfide) groups is 1. The van der Waals surface area contributed by atoms with Crippen LogP contribution in [0.5, 0.6) is 11.6 Å². The fourth-order valence-electron chi connectivity index (χ4n) is 1.76. The second kappa shape index (κ2) is 6.96. The Hall–Kier alpha value is -1.52. The van der Waals surface area contributed by atoms with Crippen molar-refractivity contribution in [2.75, 3.05) is 6.26 Å². The highest BCUT2D eigenvalue weighted by molar-refractivity contribution is 7.98. The molecule has 0 radical (unpaired) electrons. The van der Waals surface area contributed by atoms with Crippen LogP contribution in [-0.2, 0) is 6.54 Å². The van der Waals surface area contributed by atoms with E-state index in [0.717, 1.165) is 22.8 Å². The van der Waals surface area contributed by atoms with E-state index in [1.165, 1.54) is 0 Å². The summed E-state index contributed by atoms with van der Waals surface area (Å²) in [4.78, 5) is 5.49. The largest absolute Gasteiger partial charge is 0.438 e. The molecule has 0 aliphatic rings. The van der Waals surface area contributed by atoms with E-state index >= 15 is 0 Å². The van der Waals surface area contributed by atoms with Crippen LogP contribution in [0, 0.1) is 0 Å². The van der Waals surface area contributed by atoms with E-state index in [1.807, 2.05) is 48.9 Å². The molecule has 2 rings (SSSR count). The van der Waals surface area contributed by atoms with Crippen molar-refractivity contribution in [1.29, 1.82) is 0 Å². The Labute approximate surface area is 131 Å². The molecular formula is C17H22N2OS. The predicted octanol–water partition coefficient (Wildman–Crippen LogP) is 4.48. The number of benzene rings is 1. The van der Waals surface area contributed by atoms with Gasteiger partial charge in [-0.2, -0.15) is 0 Å². The van der Waals surface area contributed by atoms with Crippen molar-refractivity contribution >= 4 is 11.8 Å². The monoisotopic (exact) mass is 302 g/mol. The molecule has 4 heteroatoms. The number of rotatable bonds is 5. The molecule has 0 fully saturated rings. The highest BCUT2D eigenvalue weighted by Gasteiger charge is 2.09. The van der Waals surface area contributed by atoms with Crippen LogP contribution < -0.4 is 10.1 Å². The summed E-state index contributed by atoms with van der Waals surface area (Å²) in [5.41, 5.74) is 1.25. The molecular weight excluding hydrogens is 280 g/mol. The summed E-state index contributed by atoms with van der Waals surface area (Å²) in [7, 11) is 0. The molecule has 21 heavy (non-hydrogen) atoms. The first-order valence-corrected chi connectivity index (χ1v) is 8.21. The fraction of sp³-hybridized carbons (Fsp3) is 0.353. The molecule has 0 aliphatic carbocycles. The van der Waals surface area contributed by atoms with Crippen LogP contribution in [0.25, 0.3) is 0 Å². The Morgan fingerprint density at radius 3 is 2.52 bits per heavy atom. The van der Waals surface area contributed by atoms with Crippen molar-refractivity contribution in [3.05, 3.63) is 48.2 Å². The summed E-state index contributed by atoms with van der Waals surface area (Å²) < 4.78 is 5.85. The first kappa shape index (κ1) is 15.9. The Morgan fingerprint density at radius 2 is 1.90 bits per heavy atom. The van der Waals surface area contributed by atoms with E-state index in [4.69, 9.17) is 4.74 Å². The molecule has 112 valence electrons. The van der Waals surface area contributed by atoms with E-state index in [-0.39, 0.29) is 5.54 Å². The van der Waals surface area contributed by atoms with Crippen molar-refractivity contribution < 1.29 is 4.74 Å². The molecule has 3 nitrogen and oxygen atoms in total. The number of nitrogens with one attached hydrogen (secondary N) is 1. The molecule has 0 spiro atoms. The van der Waals surface area contributed by atoms with Crippen LogP contribution in [-0.4, -0.2) is 16.8 Å². The maximum absolute atomic E-state index is 5.85. The quantitative estimate of drug-likeness (QED) is 0.826. The lowest BCUT2D eigenvalue weighted by Crippen LogP contribution is -2.35. The van der Waals surface area contributed by atoms with Crippen molar-refractivity contribution in [3.8, 4) is 11.6 Å². The first-order valence-electron chi connectivity index (χ1n) is 6.99. The summed E-state index contributed by atoms with van der Waals surface area (Å²) in [6, 6.07) is 11.9. The van der Waals surface area contributed by atoms with Crippen molar-refractivity contribution in [2.24, 2.45) is 0 Å². The third kappa shape index (κ3) is 5.06. The number of hydrogen-bond acceptors (Lipinski definition) is 4. The average Bonchev–Trinajstić information content (AvgIpc) is 2.46. The van der Waals surface area contributed by atoms with Gasteiger partial charge in [0, 0.05) is 29.2 Å². The van der Waals surface area contributed by atoms with Gasteiger partial charge in [-0.1, -0.05) is 18.2 Å². The third-order valence-corrected chi connectivity index (χ3v) is 3.68. The zero-order chi connectivity index (χ0) is 15.3. The smallest absolute Gasteiger partial charge is 0.219 e. The molecule has 0 amide bonds. The normalized spacial score (nSPS) is 11.4. The van der Waals surface area contributed by atoms with Gasteiger partial charge in [-0.3, -0.25) is 0 Å². The maximum Gasteiger partial charge on any atom is 0.219 e. The molecule has 0 atom stereocenters. The van der Waals surface area contributed by atoms with Gasteiger partial charge in [0.15, 0.2) is 0 Å². The lowest BCUT2D eigenvalue weighted by atomic mass is 10.1. The number of ether oxygens (including phenoxy) is 1. The lowest BCUT2D eigenvalue weighted by molar-refractivity contribution is 0.422. The van der Waals surface area contributed by atoms with Crippen LogP contribution in [0.1, 0.15) is 26.3 Å². The predicted molar refractivity (Wildman–Crippen MR) is 89.1 cm³/mol. The van der Waals surface area contributed by atoms with E-state index in [9.17, 15) is 0 Å². The standard InChI is InChI=1S/C17H22N2OS/c1-17(2,3)19-12-13-9-10-16(18-11-13)20-14-7-5-6-8-15(14)21-4/h5-11,19H,12H2,1-4H3. The van der Waals surface area contributed by atoms with Crippen LogP contribution in [0.2, 0.25) is 0 Å². The van der Waals surface area contributed by atoms with E-state index < -0.39 is 0 Å². The topological polar surface area (TPSA) is 34.1 Å². The minimum Gasteiger partial charge on any atom is -0.438 e. The fourth-order valence-corrected chi connectivity index (χ4v) is 2.28. The number of para-hydroxylation sites is 1. The van der Waals surface area contributed by atoms with E-state index in [2.05, 4.69) is 31.1 Å². The second-order valence-corrected chi connectivity index (χ2v) is 6.71. The van der Waals surface area contributed by atoms with Crippen molar-refractivity contribution in [3.63, 3.8) is 0 Å². The van der Waals surface area contributed by atoms with Gasteiger partial charge in [0.25, 0.3) is 0 Å². The summed E-state index contributed by atoms with van der Waals surface area (Å²) in [6.45, 7) is 7.25.